The lowest BCUT2D eigenvalue weighted by Crippen LogP contribution is -2.26. The first kappa shape index (κ1) is 11.0. The summed E-state index contributed by atoms with van der Waals surface area (Å²) in [5.41, 5.74) is 0. The second-order valence-corrected chi connectivity index (χ2v) is 2.14. The largest absolute Gasteiger partial charge is 0.448 e. The molecule has 0 saturated carbocycles. The zero-order valence-electron chi connectivity index (χ0n) is 6.27. The zero-order chi connectivity index (χ0) is 9.61. The highest BCUT2D eigenvalue weighted by Crippen LogP contribution is 2.12. The van der Waals surface area contributed by atoms with E-state index >= 15 is 0 Å². The number of esters is 1. The number of rotatable bonds is 2. The summed E-state index contributed by atoms with van der Waals surface area (Å²) in [6.07, 6.45) is 0. The van der Waals surface area contributed by atoms with E-state index in [4.69, 9.17) is 0 Å². The summed E-state index contributed by atoms with van der Waals surface area (Å²) in [6, 6.07) is 0. The fraction of sp³-hybridized carbons (Fsp3) is 0.429. The Morgan fingerprint density at radius 1 is 1.75 bits per heavy atom. The molecule has 0 N–H and O–H groups in total. The van der Waals surface area contributed by atoms with Gasteiger partial charge in [-0.2, -0.15) is 8.78 Å². The average molecular weight is 192 g/mol. The molecule has 0 rings (SSSR count). The lowest BCUT2D eigenvalue weighted by atomic mass is 10.4. The van der Waals surface area contributed by atoms with E-state index in [2.05, 4.69) is 28.8 Å². The molecule has 2 nitrogen and oxygen atoms in total. The first-order chi connectivity index (χ1) is 5.48. The number of alkyl halides is 2. The van der Waals surface area contributed by atoms with E-state index in [0.29, 0.717) is 6.92 Å². The number of hydrogen-bond acceptors (Lipinski definition) is 3. The number of thiocarbonyl (C=S) groups is 1. The molecular formula is C7H6F2O2S. The van der Waals surface area contributed by atoms with Crippen molar-refractivity contribution < 1.29 is 18.3 Å². The van der Waals surface area contributed by atoms with Crippen molar-refractivity contribution in [1.29, 1.82) is 0 Å². The van der Waals surface area contributed by atoms with Gasteiger partial charge in [-0.1, -0.05) is 24.1 Å². The fourth-order valence-corrected chi connectivity index (χ4v) is 0.395. The standard InChI is InChI=1S/C7H6F2O2S/c1-7(8,9)6(10)11-4-2-3-5-12/h5H,4H2,1H3. The van der Waals surface area contributed by atoms with Gasteiger partial charge >= 0.3 is 11.9 Å². The zero-order valence-corrected chi connectivity index (χ0v) is 7.08. The lowest BCUT2D eigenvalue weighted by Gasteiger charge is -2.06. The molecule has 66 valence electrons. The summed E-state index contributed by atoms with van der Waals surface area (Å²) in [5.74, 6) is -0.517. The van der Waals surface area contributed by atoms with E-state index in [9.17, 15) is 13.6 Å². The molecular weight excluding hydrogens is 186 g/mol. The van der Waals surface area contributed by atoms with Gasteiger partial charge in [-0.3, -0.25) is 0 Å². The Morgan fingerprint density at radius 3 is 2.75 bits per heavy atom. The predicted molar refractivity (Wildman–Crippen MR) is 43.0 cm³/mol. The molecule has 0 radical (unpaired) electrons. The van der Waals surface area contributed by atoms with Gasteiger partial charge < -0.3 is 4.74 Å². The molecule has 12 heavy (non-hydrogen) atoms. The average Bonchev–Trinajstić information content (AvgIpc) is 1.96. The summed E-state index contributed by atoms with van der Waals surface area (Å²) in [4.78, 5) is 10.4. The Kier molecular flexibility index (Phi) is 4.37. The molecule has 0 aliphatic rings. The monoisotopic (exact) mass is 192 g/mol. The maximum absolute atomic E-state index is 12.1. The van der Waals surface area contributed by atoms with Crippen LogP contribution in [-0.2, 0) is 9.53 Å². The molecule has 0 aromatic carbocycles. The third kappa shape index (κ3) is 4.74. The van der Waals surface area contributed by atoms with Gasteiger partial charge in [0.15, 0.2) is 6.61 Å². The third-order valence-electron chi connectivity index (χ3n) is 0.795. The second kappa shape index (κ2) is 4.78. The highest BCUT2D eigenvalue weighted by atomic mass is 32.1. The van der Waals surface area contributed by atoms with Crippen molar-refractivity contribution >= 4 is 23.6 Å². The lowest BCUT2D eigenvalue weighted by molar-refractivity contribution is -0.167. The van der Waals surface area contributed by atoms with Crippen LogP contribution in [0.25, 0.3) is 0 Å². The Morgan fingerprint density at radius 2 is 2.33 bits per heavy atom. The van der Waals surface area contributed by atoms with E-state index in [1.807, 2.05) is 0 Å². The smallest absolute Gasteiger partial charge is 0.377 e. The van der Waals surface area contributed by atoms with Gasteiger partial charge in [0.2, 0.25) is 0 Å². The van der Waals surface area contributed by atoms with Crippen LogP contribution in [0, 0.1) is 11.8 Å². The van der Waals surface area contributed by atoms with Crippen LogP contribution in [0.1, 0.15) is 6.92 Å². The van der Waals surface area contributed by atoms with E-state index in [1.54, 1.807) is 0 Å². The molecule has 0 atom stereocenters. The summed E-state index contributed by atoms with van der Waals surface area (Å²) < 4.78 is 28.2. The Balaban J connectivity index is 3.80. The molecule has 0 saturated heterocycles. The van der Waals surface area contributed by atoms with Crippen molar-refractivity contribution in [2.24, 2.45) is 0 Å². The van der Waals surface area contributed by atoms with Gasteiger partial charge in [-0.15, -0.1) is 0 Å². The van der Waals surface area contributed by atoms with Crippen LogP contribution in [0.4, 0.5) is 8.78 Å². The van der Waals surface area contributed by atoms with Crippen molar-refractivity contribution in [3.05, 3.63) is 0 Å². The molecule has 0 fully saturated rings. The van der Waals surface area contributed by atoms with Gasteiger partial charge in [-0.05, 0) is 0 Å². The molecule has 0 aromatic rings. The maximum Gasteiger partial charge on any atom is 0.377 e. The molecule has 0 unspecified atom stereocenters. The van der Waals surface area contributed by atoms with Crippen molar-refractivity contribution in [2.75, 3.05) is 6.61 Å². The van der Waals surface area contributed by atoms with Crippen LogP contribution in [-0.4, -0.2) is 23.9 Å². The fourth-order valence-electron chi connectivity index (χ4n) is 0.312. The molecule has 0 aliphatic heterocycles. The number of carbonyl (C=O) groups is 1. The van der Waals surface area contributed by atoms with Gasteiger partial charge in [0, 0.05) is 6.92 Å². The van der Waals surface area contributed by atoms with Crippen molar-refractivity contribution in [3.8, 4) is 11.8 Å². The highest BCUT2D eigenvalue weighted by Gasteiger charge is 2.33. The Labute approximate surface area is 73.9 Å². The first-order valence-electron chi connectivity index (χ1n) is 2.95. The summed E-state index contributed by atoms with van der Waals surface area (Å²) >= 11 is 4.32. The number of carbonyl (C=O) groups excluding carboxylic acids is 1. The van der Waals surface area contributed by atoms with Crippen molar-refractivity contribution in [2.45, 2.75) is 12.8 Å². The molecule has 0 aliphatic carbocycles. The minimum absolute atomic E-state index is 0.366. The van der Waals surface area contributed by atoms with Crippen molar-refractivity contribution in [1.82, 2.24) is 0 Å². The molecule has 0 amide bonds. The Hall–Kier alpha value is -1.02. The highest BCUT2D eigenvalue weighted by molar-refractivity contribution is 7.79. The molecule has 5 heteroatoms. The number of halogens is 2. The predicted octanol–water partition coefficient (Wildman–Crippen LogP) is 1.19. The first-order valence-corrected chi connectivity index (χ1v) is 3.42. The van der Waals surface area contributed by atoms with Crippen LogP contribution in [0.5, 0.6) is 0 Å². The van der Waals surface area contributed by atoms with Gasteiger partial charge in [-0.25, -0.2) is 4.79 Å². The van der Waals surface area contributed by atoms with Crippen LogP contribution < -0.4 is 0 Å². The minimum atomic E-state index is -3.46. The molecule has 0 bridgehead atoms. The Bertz CT molecular complexity index is 234. The van der Waals surface area contributed by atoms with Crippen LogP contribution in [0.3, 0.4) is 0 Å². The van der Waals surface area contributed by atoms with Crippen LogP contribution in [0.2, 0.25) is 0 Å². The quantitative estimate of drug-likeness (QED) is 0.373. The summed E-state index contributed by atoms with van der Waals surface area (Å²) in [6.45, 7) is 0.0946. The maximum atomic E-state index is 12.1. The van der Waals surface area contributed by atoms with E-state index in [1.165, 1.54) is 0 Å². The van der Waals surface area contributed by atoms with Gasteiger partial charge in [0.25, 0.3) is 0 Å². The summed E-state index contributed by atoms with van der Waals surface area (Å²) in [5, 5.41) is 1.11. The van der Waals surface area contributed by atoms with Gasteiger partial charge in [0.05, 0.1) is 5.37 Å². The van der Waals surface area contributed by atoms with Crippen molar-refractivity contribution in [3.63, 3.8) is 0 Å². The molecule has 0 heterocycles. The molecule has 0 aromatic heterocycles. The second-order valence-electron chi connectivity index (χ2n) is 1.90. The van der Waals surface area contributed by atoms with Crippen LogP contribution in [0.15, 0.2) is 0 Å². The van der Waals surface area contributed by atoms with E-state index in [0.717, 1.165) is 5.37 Å². The van der Waals surface area contributed by atoms with Gasteiger partial charge in [0.1, 0.15) is 0 Å². The minimum Gasteiger partial charge on any atom is -0.448 e. The molecule has 0 spiro atoms. The van der Waals surface area contributed by atoms with E-state index in [-0.39, 0.29) is 6.61 Å². The topological polar surface area (TPSA) is 26.3 Å². The third-order valence-corrected chi connectivity index (χ3v) is 0.913. The SMILES string of the molecule is CC(F)(F)C(=O)OCC#CC=S. The number of ether oxygens (including phenoxy) is 1. The summed E-state index contributed by atoms with van der Waals surface area (Å²) in [7, 11) is 0. The van der Waals surface area contributed by atoms with E-state index < -0.39 is 11.9 Å². The number of hydrogen-bond donors (Lipinski definition) is 0. The normalized spacial score (nSPS) is 9.58. The van der Waals surface area contributed by atoms with Crippen LogP contribution >= 0.6 is 12.2 Å².